The van der Waals surface area contributed by atoms with Crippen LogP contribution in [0.15, 0.2) is 11.1 Å². The van der Waals surface area contributed by atoms with Crippen molar-refractivity contribution < 1.29 is 8.42 Å². The van der Waals surface area contributed by atoms with E-state index in [2.05, 4.69) is 9.82 Å². The Bertz CT molecular complexity index is 423. The Labute approximate surface area is 90.5 Å². The summed E-state index contributed by atoms with van der Waals surface area (Å²) in [5.41, 5.74) is 0.542. The molecule has 0 spiro atoms. The molecule has 0 amide bonds. The van der Waals surface area contributed by atoms with Crippen LogP contribution in [-0.4, -0.2) is 24.7 Å². The van der Waals surface area contributed by atoms with Crippen LogP contribution >= 0.6 is 0 Å². The minimum absolute atomic E-state index is 0.276. The van der Waals surface area contributed by atoms with Crippen LogP contribution in [0.25, 0.3) is 0 Å². The monoisotopic (exact) mass is 231 g/mol. The van der Waals surface area contributed by atoms with E-state index in [0.29, 0.717) is 18.8 Å². The molecule has 0 fully saturated rings. The summed E-state index contributed by atoms with van der Waals surface area (Å²) in [6, 6.07) is 0. The lowest BCUT2D eigenvalue weighted by Gasteiger charge is -2.02. The number of aryl methyl sites for hydroxylation is 2. The zero-order valence-electron chi connectivity index (χ0n) is 9.32. The van der Waals surface area contributed by atoms with Crippen LogP contribution in [0.2, 0.25) is 0 Å². The van der Waals surface area contributed by atoms with Crippen molar-refractivity contribution in [1.82, 2.24) is 14.5 Å². The van der Waals surface area contributed by atoms with Crippen LogP contribution in [0.4, 0.5) is 0 Å². The number of hydrogen-bond donors (Lipinski definition) is 1. The molecule has 0 saturated carbocycles. The molecule has 0 bridgehead atoms. The highest BCUT2D eigenvalue weighted by Gasteiger charge is 2.18. The van der Waals surface area contributed by atoms with Gasteiger partial charge in [0.05, 0.1) is 5.69 Å². The molecule has 1 aromatic rings. The zero-order valence-corrected chi connectivity index (χ0v) is 10.1. The maximum atomic E-state index is 11.8. The highest BCUT2D eigenvalue weighted by Crippen LogP contribution is 2.12. The molecule has 0 aromatic carbocycles. The van der Waals surface area contributed by atoms with Crippen LogP contribution in [-0.2, 0) is 16.6 Å². The highest BCUT2D eigenvalue weighted by atomic mass is 32.2. The predicted molar refractivity (Wildman–Crippen MR) is 58.1 cm³/mol. The largest absolute Gasteiger partial charge is 0.271 e. The van der Waals surface area contributed by atoms with E-state index in [1.807, 2.05) is 13.8 Å². The molecule has 6 heteroatoms. The number of sulfonamides is 1. The lowest BCUT2D eigenvalue weighted by Crippen LogP contribution is -2.24. The van der Waals surface area contributed by atoms with Gasteiger partial charge in [0.15, 0.2) is 0 Å². The maximum Gasteiger partial charge on any atom is 0.243 e. The molecule has 0 aliphatic heterocycles. The molecule has 15 heavy (non-hydrogen) atoms. The van der Waals surface area contributed by atoms with Crippen LogP contribution in [0.3, 0.4) is 0 Å². The van der Waals surface area contributed by atoms with Crippen molar-refractivity contribution >= 4 is 10.0 Å². The van der Waals surface area contributed by atoms with Gasteiger partial charge < -0.3 is 0 Å². The Morgan fingerprint density at radius 1 is 1.47 bits per heavy atom. The summed E-state index contributed by atoms with van der Waals surface area (Å²) < 4.78 is 27.7. The number of nitrogens with zero attached hydrogens (tertiary/aromatic N) is 2. The fourth-order valence-electron chi connectivity index (χ4n) is 1.24. The molecule has 86 valence electrons. The molecule has 0 saturated heterocycles. The van der Waals surface area contributed by atoms with Crippen molar-refractivity contribution in [3.05, 3.63) is 11.9 Å². The Balaban J connectivity index is 2.99. The molecular weight excluding hydrogens is 214 g/mol. The van der Waals surface area contributed by atoms with Crippen molar-refractivity contribution in [2.45, 2.75) is 38.6 Å². The smallest absolute Gasteiger partial charge is 0.243 e. The van der Waals surface area contributed by atoms with Gasteiger partial charge in [-0.25, -0.2) is 13.1 Å². The summed E-state index contributed by atoms with van der Waals surface area (Å²) >= 11 is 0. The minimum Gasteiger partial charge on any atom is -0.271 e. The average Bonchev–Trinajstić information content (AvgIpc) is 2.57. The normalized spacial score (nSPS) is 11.9. The van der Waals surface area contributed by atoms with Gasteiger partial charge in [0.25, 0.3) is 0 Å². The van der Waals surface area contributed by atoms with Crippen molar-refractivity contribution in [3.8, 4) is 0 Å². The lowest BCUT2D eigenvalue weighted by atomic mass is 10.5. The van der Waals surface area contributed by atoms with Gasteiger partial charge in [0, 0.05) is 19.3 Å². The van der Waals surface area contributed by atoms with Gasteiger partial charge in [-0.05, 0) is 20.3 Å². The third-order valence-corrected chi connectivity index (χ3v) is 3.62. The van der Waals surface area contributed by atoms with Crippen LogP contribution < -0.4 is 4.72 Å². The Hall–Kier alpha value is -0.880. The second kappa shape index (κ2) is 4.76. The first-order valence-electron chi connectivity index (χ1n) is 5.05. The van der Waals surface area contributed by atoms with E-state index < -0.39 is 10.0 Å². The van der Waals surface area contributed by atoms with Gasteiger partial charge in [-0.2, -0.15) is 5.10 Å². The SMILES string of the molecule is CCCNS(=O)(=O)c1cn(CC)nc1C. The van der Waals surface area contributed by atoms with Gasteiger partial charge >= 0.3 is 0 Å². The quantitative estimate of drug-likeness (QED) is 0.819. The maximum absolute atomic E-state index is 11.8. The molecule has 0 radical (unpaired) electrons. The summed E-state index contributed by atoms with van der Waals surface area (Å²) in [5, 5.41) is 4.10. The number of nitrogens with one attached hydrogen (secondary N) is 1. The van der Waals surface area contributed by atoms with Crippen molar-refractivity contribution in [2.75, 3.05) is 6.54 Å². The fourth-order valence-corrected chi connectivity index (χ4v) is 2.56. The van der Waals surface area contributed by atoms with Crippen molar-refractivity contribution in [3.63, 3.8) is 0 Å². The van der Waals surface area contributed by atoms with Gasteiger partial charge in [-0.15, -0.1) is 0 Å². The third kappa shape index (κ3) is 2.79. The molecule has 1 heterocycles. The van der Waals surface area contributed by atoms with Crippen molar-refractivity contribution in [1.29, 1.82) is 0 Å². The molecule has 0 atom stereocenters. The Kier molecular flexibility index (Phi) is 3.87. The first-order chi connectivity index (χ1) is 7.01. The third-order valence-electron chi connectivity index (χ3n) is 2.06. The summed E-state index contributed by atoms with van der Waals surface area (Å²) in [6.45, 7) is 6.67. The highest BCUT2D eigenvalue weighted by molar-refractivity contribution is 7.89. The van der Waals surface area contributed by atoms with E-state index in [1.165, 1.54) is 0 Å². The topological polar surface area (TPSA) is 64.0 Å². The van der Waals surface area contributed by atoms with Gasteiger partial charge in [-0.1, -0.05) is 6.92 Å². The van der Waals surface area contributed by atoms with E-state index in [4.69, 9.17) is 0 Å². The predicted octanol–water partition coefficient (Wildman–Crippen LogP) is 0.900. The second-order valence-electron chi connectivity index (χ2n) is 3.33. The van der Waals surface area contributed by atoms with E-state index in [1.54, 1.807) is 17.8 Å². The summed E-state index contributed by atoms with van der Waals surface area (Å²) in [7, 11) is -3.38. The molecule has 1 aromatic heterocycles. The zero-order chi connectivity index (χ0) is 11.5. The Morgan fingerprint density at radius 2 is 2.13 bits per heavy atom. The van der Waals surface area contributed by atoms with E-state index in [9.17, 15) is 8.42 Å². The van der Waals surface area contributed by atoms with E-state index in [0.717, 1.165) is 6.42 Å². The fraction of sp³-hybridized carbons (Fsp3) is 0.667. The standard InChI is InChI=1S/C9H17N3O2S/c1-4-6-10-15(13,14)9-7-12(5-2)11-8(9)3/h7,10H,4-6H2,1-3H3. The van der Waals surface area contributed by atoms with Crippen molar-refractivity contribution in [2.24, 2.45) is 0 Å². The van der Waals surface area contributed by atoms with Crippen LogP contribution in [0.1, 0.15) is 26.0 Å². The van der Waals surface area contributed by atoms with E-state index in [-0.39, 0.29) is 4.90 Å². The Morgan fingerprint density at radius 3 is 2.60 bits per heavy atom. The summed E-state index contributed by atoms with van der Waals surface area (Å²) in [5.74, 6) is 0. The van der Waals surface area contributed by atoms with Gasteiger partial charge in [-0.3, -0.25) is 4.68 Å². The molecule has 1 N–H and O–H groups in total. The number of hydrogen-bond acceptors (Lipinski definition) is 3. The van der Waals surface area contributed by atoms with Crippen LogP contribution in [0.5, 0.6) is 0 Å². The number of rotatable bonds is 5. The molecular formula is C9H17N3O2S. The summed E-state index contributed by atoms with van der Waals surface area (Å²) in [4.78, 5) is 0.276. The van der Waals surface area contributed by atoms with Gasteiger partial charge in [0.2, 0.25) is 10.0 Å². The second-order valence-corrected chi connectivity index (χ2v) is 5.07. The molecule has 0 unspecified atom stereocenters. The molecule has 5 nitrogen and oxygen atoms in total. The van der Waals surface area contributed by atoms with E-state index >= 15 is 0 Å². The molecule has 1 rings (SSSR count). The first-order valence-corrected chi connectivity index (χ1v) is 6.53. The molecule has 0 aliphatic carbocycles. The lowest BCUT2D eigenvalue weighted by molar-refractivity contribution is 0.580. The first kappa shape index (κ1) is 12.2. The molecule has 0 aliphatic rings. The average molecular weight is 231 g/mol. The minimum atomic E-state index is -3.38. The van der Waals surface area contributed by atoms with Gasteiger partial charge in [0.1, 0.15) is 4.90 Å². The van der Waals surface area contributed by atoms with Crippen LogP contribution in [0, 0.1) is 6.92 Å². The number of aromatic nitrogens is 2. The summed E-state index contributed by atoms with van der Waals surface area (Å²) in [6.07, 6.45) is 2.34.